The molecule has 0 aliphatic carbocycles. The van der Waals surface area contributed by atoms with Crippen LogP contribution in [0.3, 0.4) is 0 Å². The van der Waals surface area contributed by atoms with Gasteiger partial charge in [-0.15, -0.1) is 0 Å². The normalized spacial score (nSPS) is 11.8. The minimum Gasteiger partial charge on any atom is -0.363 e. The van der Waals surface area contributed by atoms with Crippen molar-refractivity contribution in [1.82, 2.24) is 4.98 Å². The SMILES string of the molecule is CC[C@H](C(=O)Nc1ccc(N(C)C)nc1)c1ccccc1. The molecule has 1 heterocycles. The van der Waals surface area contributed by atoms with Gasteiger partial charge < -0.3 is 10.2 Å². The van der Waals surface area contributed by atoms with Crippen LogP contribution >= 0.6 is 0 Å². The van der Waals surface area contributed by atoms with Crippen LogP contribution in [0.2, 0.25) is 0 Å². The van der Waals surface area contributed by atoms with Crippen LogP contribution < -0.4 is 10.2 Å². The highest BCUT2D eigenvalue weighted by atomic mass is 16.1. The average Bonchev–Trinajstić information content (AvgIpc) is 2.49. The number of aromatic nitrogens is 1. The Labute approximate surface area is 125 Å². The molecule has 2 aromatic rings. The minimum atomic E-state index is -0.139. The van der Waals surface area contributed by atoms with Crippen molar-refractivity contribution in [2.45, 2.75) is 19.3 Å². The molecule has 0 bridgehead atoms. The lowest BCUT2D eigenvalue weighted by Gasteiger charge is -2.16. The number of hydrogen-bond donors (Lipinski definition) is 1. The molecule has 1 aromatic heterocycles. The van der Waals surface area contributed by atoms with Crippen molar-refractivity contribution in [3.63, 3.8) is 0 Å². The van der Waals surface area contributed by atoms with Crippen LogP contribution in [0.25, 0.3) is 0 Å². The maximum atomic E-state index is 12.4. The second-order valence-electron chi connectivity index (χ2n) is 5.16. The molecular formula is C17H21N3O. The lowest BCUT2D eigenvalue weighted by atomic mass is 9.95. The van der Waals surface area contributed by atoms with Gasteiger partial charge in [0, 0.05) is 14.1 Å². The molecule has 0 aliphatic heterocycles. The molecule has 1 aromatic carbocycles. The fraction of sp³-hybridized carbons (Fsp3) is 0.294. The van der Waals surface area contributed by atoms with Crippen LogP contribution in [0, 0.1) is 0 Å². The predicted octanol–water partition coefficient (Wildman–Crippen LogP) is 3.28. The van der Waals surface area contributed by atoms with E-state index in [4.69, 9.17) is 0 Å². The Kier molecular flexibility index (Phi) is 4.93. The largest absolute Gasteiger partial charge is 0.363 e. The fourth-order valence-electron chi connectivity index (χ4n) is 2.21. The second-order valence-corrected chi connectivity index (χ2v) is 5.16. The summed E-state index contributed by atoms with van der Waals surface area (Å²) in [5, 5.41) is 2.94. The molecule has 0 aliphatic rings. The number of nitrogens with one attached hydrogen (secondary N) is 1. The molecule has 0 fully saturated rings. The third-order valence-electron chi connectivity index (χ3n) is 3.40. The number of anilines is 2. The number of hydrogen-bond acceptors (Lipinski definition) is 3. The molecule has 1 atom stereocenters. The molecule has 1 N–H and O–H groups in total. The Morgan fingerprint density at radius 3 is 2.43 bits per heavy atom. The molecule has 0 saturated heterocycles. The highest BCUT2D eigenvalue weighted by molar-refractivity contribution is 5.95. The number of carbonyl (C=O) groups excluding carboxylic acids is 1. The van der Waals surface area contributed by atoms with Gasteiger partial charge in [-0.3, -0.25) is 4.79 Å². The highest BCUT2D eigenvalue weighted by Gasteiger charge is 2.18. The molecule has 0 unspecified atom stereocenters. The number of benzene rings is 1. The van der Waals surface area contributed by atoms with E-state index in [1.54, 1.807) is 6.20 Å². The molecule has 0 radical (unpaired) electrons. The van der Waals surface area contributed by atoms with E-state index in [-0.39, 0.29) is 11.8 Å². The first-order chi connectivity index (χ1) is 10.1. The van der Waals surface area contributed by atoms with Gasteiger partial charge in [-0.1, -0.05) is 37.3 Å². The van der Waals surface area contributed by atoms with Gasteiger partial charge >= 0.3 is 0 Å². The Morgan fingerprint density at radius 2 is 1.90 bits per heavy atom. The Hall–Kier alpha value is -2.36. The van der Waals surface area contributed by atoms with Crippen LogP contribution in [0.4, 0.5) is 11.5 Å². The lowest BCUT2D eigenvalue weighted by molar-refractivity contribution is -0.117. The molecule has 21 heavy (non-hydrogen) atoms. The van der Waals surface area contributed by atoms with E-state index in [0.717, 1.165) is 23.5 Å². The third kappa shape index (κ3) is 3.81. The summed E-state index contributed by atoms with van der Waals surface area (Å²) in [5.41, 5.74) is 1.76. The summed E-state index contributed by atoms with van der Waals surface area (Å²) in [6.07, 6.45) is 2.45. The molecule has 0 spiro atoms. The number of carbonyl (C=O) groups is 1. The van der Waals surface area contributed by atoms with Crippen molar-refractivity contribution in [1.29, 1.82) is 0 Å². The summed E-state index contributed by atoms with van der Waals surface area (Å²) in [5.74, 6) is 0.728. The zero-order chi connectivity index (χ0) is 15.2. The number of pyridine rings is 1. The van der Waals surface area contributed by atoms with Gasteiger partial charge in [0.25, 0.3) is 0 Å². The second kappa shape index (κ2) is 6.88. The quantitative estimate of drug-likeness (QED) is 0.916. The Morgan fingerprint density at radius 1 is 1.19 bits per heavy atom. The highest BCUT2D eigenvalue weighted by Crippen LogP contribution is 2.21. The Bertz CT molecular complexity index is 579. The molecule has 110 valence electrons. The van der Waals surface area contributed by atoms with Crippen LogP contribution in [0.15, 0.2) is 48.7 Å². The van der Waals surface area contributed by atoms with Gasteiger partial charge in [0.1, 0.15) is 5.82 Å². The Balaban J connectivity index is 2.09. The van der Waals surface area contributed by atoms with E-state index in [0.29, 0.717) is 0 Å². The first-order valence-electron chi connectivity index (χ1n) is 7.11. The molecule has 0 saturated carbocycles. The van der Waals surface area contributed by atoms with E-state index in [1.807, 2.05) is 68.4 Å². The zero-order valence-electron chi connectivity index (χ0n) is 12.7. The van der Waals surface area contributed by atoms with E-state index >= 15 is 0 Å². The maximum Gasteiger partial charge on any atom is 0.231 e. The first kappa shape index (κ1) is 15.0. The average molecular weight is 283 g/mol. The summed E-state index contributed by atoms with van der Waals surface area (Å²) < 4.78 is 0. The van der Waals surface area contributed by atoms with Crippen molar-refractivity contribution in [3.8, 4) is 0 Å². The monoisotopic (exact) mass is 283 g/mol. The van der Waals surface area contributed by atoms with E-state index in [9.17, 15) is 4.79 Å². The summed E-state index contributed by atoms with van der Waals surface area (Å²) in [7, 11) is 3.87. The maximum absolute atomic E-state index is 12.4. The van der Waals surface area contributed by atoms with Crippen LogP contribution in [-0.4, -0.2) is 25.0 Å². The molecule has 4 nitrogen and oxygen atoms in total. The van der Waals surface area contributed by atoms with Gasteiger partial charge in [-0.25, -0.2) is 4.98 Å². The number of nitrogens with zero attached hydrogens (tertiary/aromatic N) is 2. The molecular weight excluding hydrogens is 262 g/mol. The van der Waals surface area contributed by atoms with Crippen LogP contribution in [0.5, 0.6) is 0 Å². The van der Waals surface area contributed by atoms with E-state index in [1.165, 1.54) is 0 Å². The van der Waals surface area contributed by atoms with Crippen molar-refractivity contribution >= 4 is 17.4 Å². The van der Waals surface area contributed by atoms with E-state index in [2.05, 4.69) is 10.3 Å². The van der Waals surface area contributed by atoms with Crippen molar-refractivity contribution < 1.29 is 4.79 Å². The first-order valence-corrected chi connectivity index (χ1v) is 7.11. The van der Waals surface area contributed by atoms with Gasteiger partial charge in [0.05, 0.1) is 17.8 Å². The summed E-state index contributed by atoms with van der Waals surface area (Å²) >= 11 is 0. The number of rotatable bonds is 5. The van der Waals surface area contributed by atoms with E-state index < -0.39 is 0 Å². The van der Waals surface area contributed by atoms with Gasteiger partial charge in [0.2, 0.25) is 5.91 Å². The van der Waals surface area contributed by atoms with Crippen molar-refractivity contribution in [2.24, 2.45) is 0 Å². The molecule has 4 heteroatoms. The smallest absolute Gasteiger partial charge is 0.231 e. The molecule has 2 rings (SSSR count). The third-order valence-corrected chi connectivity index (χ3v) is 3.40. The van der Waals surface area contributed by atoms with Crippen molar-refractivity contribution in [3.05, 3.63) is 54.2 Å². The van der Waals surface area contributed by atoms with Gasteiger partial charge in [-0.05, 0) is 24.1 Å². The van der Waals surface area contributed by atoms with Gasteiger partial charge in [-0.2, -0.15) is 0 Å². The summed E-state index contributed by atoms with van der Waals surface area (Å²) in [4.78, 5) is 18.6. The number of amides is 1. The minimum absolute atomic E-state index is 0.00287. The van der Waals surface area contributed by atoms with Gasteiger partial charge in [0.15, 0.2) is 0 Å². The van der Waals surface area contributed by atoms with Crippen LogP contribution in [0.1, 0.15) is 24.8 Å². The summed E-state index contributed by atoms with van der Waals surface area (Å²) in [6.45, 7) is 2.02. The van der Waals surface area contributed by atoms with Crippen molar-refractivity contribution in [2.75, 3.05) is 24.3 Å². The fourth-order valence-corrected chi connectivity index (χ4v) is 2.21. The standard InChI is InChI=1S/C17H21N3O/c1-4-15(13-8-6-5-7-9-13)17(21)19-14-10-11-16(18-12-14)20(2)3/h5-12,15H,4H2,1-3H3,(H,19,21)/t15-/m0/s1. The zero-order valence-corrected chi connectivity index (χ0v) is 12.7. The summed E-state index contributed by atoms with van der Waals surface area (Å²) in [6, 6.07) is 13.6. The molecule has 1 amide bonds. The van der Waals surface area contributed by atoms with Crippen LogP contribution in [-0.2, 0) is 4.79 Å². The predicted molar refractivity (Wildman–Crippen MR) is 86.7 cm³/mol. The topological polar surface area (TPSA) is 45.2 Å². The lowest BCUT2D eigenvalue weighted by Crippen LogP contribution is -2.21.